The smallest absolute Gasteiger partial charge is 0.251 e. The summed E-state index contributed by atoms with van der Waals surface area (Å²) in [5.41, 5.74) is 11.0. The number of nitrogens with two attached hydrogens (primary N) is 1. The monoisotopic (exact) mass is 571 g/mol. The molecule has 2 aromatic carbocycles. The van der Waals surface area contributed by atoms with Gasteiger partial charge < -0.3 is 27.0 Å². The highest BCUT2D eigenvalue weighted by Crippen LogP contribution is 2.43. The molecule has 0 spiro atoms. The molecule has 1 unspecified atom stereocenters. The SMILES string of the molecule is C=C(CN[C@@H](C)CC1(C(=N)N)c2ccc(C(=O)NC)cc2CCc2cc(C(=O)NC)ccc21)NC(C#N)C[C@@H](C)CC. The molecule has 224 valence electrons. The van der Waals surface area contributed by atoms with Gasteiger partial charge in [-0.3, -0.25) is 15.0 Å². The molecular formula is C33H45N7O2. The van der Waals surface area contributed by atoms with Gasteiger partial charge in [0.15, 0.2) is 0 Å². The van der Waals surface area contributed by atoms with E-state index in [9.17, 15) is 14.9 Å². The minimum atomic E-state index is -0.990. The number of nitrogens with one attached hydrogen (secondary N) is 5. The standard InChI is InChI=1S/C33H45N7O2/c1-7-20(2)14-27(18-34)40-22(4)19-39-21(3)17-33(32(35)36)28-12-10-25(30(41)37-5)15-23(28)8-9-24-16-26(31(42)38-6)11-13-29(24)33/h10-13,15-16,20-21,27,39-40H,4,7-9,14,17,19H2,1-3,5-6H3,(H3,35,36)(H,37,41)(H,38,42)/t20-,21-,27?/m0/s1. The minimum absolute atomic E-state index is 0.00372. The van der Waals surface area contributed by atoms with Crippen molar-refractivity contribution in [2.45, 2.75) is 70.4 Å². The molecule has 0 fully saturated rings. The minimum Gasteiger partial charge on any atom is -0.387 e. The number of rotatable bonds is 13. The summed E-state index contributed by atoms with van der Waals surface area (Å²) >= 11 is 0. The fraction of sp³-hybridized carbons (Fsp3) is 0.455. The predicted molar refractivity (Wildman–Crippen MR) is 168 cm³/mol. The van der Waals surface area contributed by atoms with Crippen LogP contribution < -0.4 is 27.0 Å². The molecule has 0 saturated heterocycles. The summed E-state index contributed by atoms with van der Waals surface area (Å²) in [6.07, 6.45) is 3.48. The van der Waals surface area contributed by atoms with Crippen LogP contribution in [0.15, 0.2) is 48.7 Å². The van der Waals surface area contributed by atoms with Gasteiger partial charge in [-0.25, -0.2) is 0 Å². The summed E-state index contributed by atoms with van der Waals surface area (Å²) in [5, 5.41) is 30.7. The van der Waals surface area contributed by atoms with Crippen molar-refractivity contribution in [2.24, 2.45) is 11.7 Å². The summed E-state index contributed by atoms with van der Waals surface area (Å²) in [7, 11) is 3.20. The molecule has 0 radical (unpaired) electrons. The lowest BCUT2D eigenvalue weighted by Crippen LogP contribution is -2.48. The normalized spacial score (nSPS) is 15.4. The number of nitriles is 1. The van der Waals surface area contributed by atoms with Gasteiger partial charge in [0.25, 0.3) is 11.8 Å². The third-order valence-electron chi connectivity index (χ3n) is 8.38. The van der Waals surface area contributed by atoms with Crippen molar-refractivity contribution in [3.05, 3.63) is 82.1 Å². The van der Waals surface area contributed by atoms with Gasteiger partial charge in [-0.1, -0.05) is 39.0 Å². The van der Waals surface area contributed by atoms with Gasteiger partial charge in [0.05, 0.1) is 11.5 Å². The van der Waals surface area contributed by atoms with E-state index in [1.165, 1.54) is 0 Å². The quantitative estimate of drug-likeness (QED) is 0.160. The fourth-order valence-corrected chi connectivity index (χ4v) is 5.88. The lowest BCUT2D eigenvalue weighted by molar-refractivity contribution is 0.0955. The maximum atomic E-state index is 12.5. The van der Waals surface area contributed by atoms with Crippen LogP contribution >= 0.6 is 0 Å². The van der Waals surface area contributed by atoms with Crippen molar-refractivity contribution in [1.82, 2.24) is 21.3 Å². The molecule has 2 amide bonds. The van der Waals surface area contributed by atoms with E-state index in [1.54, 1.807) is 26.2 Å². The summed E-state index contributed by atoms with van der Waals surface area (Å²) in [6.45, 7) is 10.9. The van der Waals surface area contributed by atoms with Crippen molar-refractivity contribution in [3.8, 4) is 6.07 Å². The summed E-state index contributed by atoms with van der Waals surface area (Å²) < 4.78 is 0. The van der Waals surface area contributed by atoms with E-state index < -0.39 is 5.41 Å². The molecule has 9 heteroatoms. The van der Waals surface area contributed by atoms with Crippen LogP contribution in [0.1, 0.15) is 83.0 Å². The second kappa shape index (κ2) is 14.1. The first kappa shape index (κ1) is 32.4. The zero-order chi connectivity index (χ0) is 31.0. The summed E-state index contributed by atoms with van der Waals surface area (Å²) in [4.78, 5) is 25.0. The van der Waals surface area contributed by atoms with E-state index in [0.717, 1.165) is 40.8 Å². The average Bonchev–Trinajstić information content (AvgIpc) is 3.13. The number of nitrogens with zero attached hydrogens (tertiary/aromatic N) is 1. The lowest BCUT2D eigenvalue weighted by Gasteiger charge is -2.38. The molecule has 0 heterocycles. The van der Waals surface area contributed by atoms with Crippen LogP contribution in [0.25, 0.3) is 0 Å². The van der Waals surface area contributed by atoms with Crippen molar-refractivity contribution < 1.29 is 9.59 Å². The number of fused-ring (bicyclic) bond motifs is 2. The zero-order valence-electron chi connectivity index (χ0n) is 25.5. The largest absolute Gasteiger partial charge is 0.387 e. The van der Waals surface area contributed by atoms with Gasteiger partial charge in [-0.15, -0.1) is 0 Å². The third kappa shape index (κ3) is 7.00. The Bertz CT molecular complexity index is 1310. The van der Waals surface area contributed by atoms with E-state index in [-0.39, 0.29) is 29.7 Å². The van der Waals surface area contributed by atoms with Crippen molar-refractivity contribution >= 4 is 17.6 Å². The Kier molecular flexibility index (Phi) is 10.9. The van der Waals surface area contributed by atoms with Crippen LogP contribution in [-0.4, -0.2) is 50.4 Å². The van der Waals surface area contributed by atoms with Gasteiger partial charge in [0, 0.05) is 43.5 Å². The molecule has 7 N–H and O–H groups in total. The Morgan fingerprint density at radius 2 is 1.57 bits per heavy atom. The Balaban J connectivity index is 2.00. The van der Waals surface area contributed by atoms with Crippen molar-refractivity contribution in [1.29, 1.82) is 10.7 Å². The number of amides is 2. The van der Waals surface area contributed by atoms with Gasteiger partial charge in [-0.2, -0.15) is 5.26 Å². The number of carbonyl (C=O) groups excluding carboxylic acids is 2. The van der Waals surface area contributed by atoms with Crippen LogP contribution in [0, 0.1) is 22.7 Å². The fourth-order valence-electron chi connectivity index (χ4n) is 5.88. The molecule has 0 saturated carbocycles. The zero-order valence-corrected chi connectivity index (χ0v) is 25.5. The molecule has 2 aromatic rings. The molecule has 42 heavy (non-hydrogen) atoms. The summed E-state index contributed by atoms with van der Waals surface area (Å²) in [5.74, 6) is 0.0660. The highest BCUT2D eigenvalue weighted by molar-refractivity contribution is 5.98. The second-order valence-corrected chi connectivity index (χ2v) is 11.4. The molecule has 1 aliphatic rings. The molecule has 1 aliphatic carbocycles. The van der Waals surface area contributed by atoms with Crippen molar-refractivity contribution in [3.63, 3.8) is 0 Å². The molecule has 0 aliphatic heterocycles. The second-order valence-electron chi connectivity index (χ2n) is 11.4. The maximum absolute atomic E-state index is 12.5. The van der Waals surface area contributed by atoms with Gasteiger partial charge in [-0.05, 0) is 85.0 Å². The Morgan fingerprint density at radius 1 is 1.05 bits per heavy atom. The van der Waals surface area contributed by atoms with E-state index in [2.05, 4.69) is 47.8 Å². The van der Waals surface area contributed by atoms with Gasteiger partial charge in [0.2, 0.25) is 0 Å². The van der Waals surface area contributed by atoms with E-state index in [1.807, 2.05) is 31.2 Å². The molecular weight excluding hydrogens is 526 g/mol. The summed E-state index contributed by atoms with van der Waals surface area (Å²) in [6, 6.07) is 13.1. The number of benzene rings is 2. The number of aryl methyl sites for hydroxylation is 2. The molecule has 0 aromatic heterocycles. The van der Waals surface area contributed by atoms with Crippen LogP contribution in [0.2, 0.25) is 0 Å². The highest BCUT2D eigenvalue weighted by atomic mass is 16.2. The number of hydrogen-bond donors (Lipinski definition) is 6. The third-order valence-corrected chi connectivity index (χ3v) is 8.38. The first-order chi connectivity index (χ1) is 20.0. The highest BCUT2D eigenvalue weighted by Gasteiger charge is 2.43. The van der Waals surface area contributed by atoms with Crippen LogP contribution in [0.3, 0.4) is 0 Å². The maximum Gasteiger partial charge on any atom is 0.251 e. The topological polar surface area (TPSA) is 156 Å². The van der Waals surface area contributed by atoms with Crippen molar-refractivity contribution in [2.75, 3.05) is 20.6 Å². The Labute approximate surface area is 249 Å². The van der Waals surface area contributed by atoms with Gasteiger partial charge in [0.1, 0.15) is 11.9 Å². The van der Waals surface area contributed by atoms with Crippen LogP contribution in [0.5, 0.6) is 0 Å². The average molecular weight is 572 g/mol. The van der Waals surface area contributed by atoms with Crippen LogP contribution in [0.4, 0.5) is 0 Å². The molecule has 0 bridgehead atoms. The van der Waals surface area contributed by atoms with Gasteiger partial charge >= 0.3 is 0 Å². The molecule has 3 atom stereocenters. The van der Waals surface area contributed by atoms with Crippen LogP contribution in [-0.2, 0) is 18.3 Å². The van der Waals surface area contributed by atoms with E-state index in [4.69, 9.17) is 11.1 Å². The lowest BCUT2D eigenvalue weighted by atomic mass is 9.67. The van der Waals surface area contributed by atoms with E-state index in [0.29, 0.717) is 42.9 Å². The first-order valence-corrected chi connectivity index (χ1v) is 14.6. The number of amidine groups is 1. The first-order valence-electron chi connectivity index (χ1n) is 14.6. The Morgan fingerprint density at radius 3 is 2.00 bits per heavy atom. The Hall–Kier alpha value is -4.16. The predicted octanol–water partition coefficient (Wildman–Crippen LogP) is 3.53. The number of hydrogen-bond acceptors (Lipinski definition) is 6. The number of carbonyl (C=O) groups is 2. The van der Waals surface area contributed by atoms with E-state index >= 15 is 0 Å². The molecule has 3 rings (SSSR count). The molecule has 9 nitrogen and oxygen atoms in total.